The van der Waals surface area contributed by atoms with E-state index < -0.39 is 52.9 Å². The molecular formula is C27H27F4N3O5S3. The monoisotopic (exact) mass is 645 g/mol. The molecule has 0 spiro atoms. The zero-order chi connectivity index (χ0) is 31.4. The summed E-state index contributed by atoms with van der Waals surface area (Å²) in [5.41, 5.74) is 3.86. The van der Waals surface area contributed by atoms with Gasteiger partial charge in [0, 0.05) is 24.3 Å². The second-order valence-corrected chi connectivity index (χ2v) is 12.8. The summed E-state index contributed by atoms with van der Waals surface area (Å²) in [6, 6.07) is 3.17. The summed E-state index contributed by atoms with van der Waals surface area (Å²) in [7, 11) is 0. The highest BCUT2D eigenvalue weighted by Crippen LogP contribution is 2.37. The topological polar surface area (TPSA) is 119 Å². The van der Waals surface area contributed by atoms with Gasteiger partial charge in [-0.2, -0.15) is 13.2 Å². The normalized spacial score (nSPS) is 15.7. The predicted octanol–water partition coefficient (Wildman–Crippen LogP) is 5.26. The molecule has 1 atom stereocenters. The van der Waals surface area contributed by atoms with Crippen molar-refractivity contribution in [2.24, 2.45) is 5.73 Å². The van der Waals surface area contributed by atoms with Crippen LogP contribution in [0, 0.1) is 5.82 Å². The van der Waals surface area contributed by atoms with Crippen LogP contribution in [-0.4, -0.2) is 51.1 Å². The minimum absolute atomic E-state index is 0.0575. The fourth-order valence-corrected chi connectivity index (χ4v) is 5.97. The van der Waals surface area contributed by atoms with E-state index in [2.05, 4.69) is 5.32 Å². The Kier molecular flexibility index (Phi) is 10.5. The third kappa shape index (κ3) is 9.10. The second-order valence-electron chi connectivity index (χ2n) is 10.2. The molecule has 0 saturated carbocycles. The Morgan fingerprint density at radius 2 is 1.83 bits per heavy atom. The van der Waals surface area contributed by atoms with Crippen LogP contribution in [0.1, 0.15) is 50.5 Å². The molecule has 0 radical (unpaired) electrons. The van der Waals surface area contributed by atoms with Crippen molar-refractivity contribution in [3.8, 4) is 11.1 Å². The summed E-state index contributed by atoms with van der Waals surface area (Å²) in [5, 5.41) is 4.04. The van der Waals surface area contributed by atoms with Gasteiger partial charge >= 0.3 is 12.1 Å². The van der Waals surface area contributed by atoms with Crippen LogP contribution in [0.2, 0.25) is 0 Å². The van der Waals surface area contributed by atoms with Crippen LogP contribution in [0.15, 0.2) is 34.6 Å². The van der Waals surface area contributed by atoms with Crippen molar-refractivity contribution in [1.82, 2.24) is 10.2 Å². The number of alkyl halides is 3. The van der Waals surface area contributed by atoms with Gasteiger partial charge in [0.2, 0.25) is 11.8 Å². The molecule has 1 aliphatic rings. The predicted molar refractivity (Wildman–Crippen MR) is 155 cm³/mol. The second kappa shape index (κ2) is 13.3. The Bertz CT molecular complexity index is 1430. The lowest BCUT2D eigenvalue weighted by Gasteiger charge is -2.21. The fraction of sp³-hybridized carbons (Fsp3) is 0.370. The Labute approximate surface area is 252 Å². The summed E-state index contributed by atoms with van der Waals surface area (Å²) in [6.07, 6.45) is -3.71. The maximum atomic E-state index is 13.6. The summed E-state index contributed by atoms with van der Waals surface area (Å²) in [6.45, 7) is 5.01. The van der Waals surface area contributed by atoms with Crippen LogP contribution >= 0.6 is 35.3 Å². The van der Waals surface area contributed by atoms with Crippen LogP contribution in [0.4, 0.5) is 17.6 Å². The maximum absolute atomic E-state index is 13.6. The Balaban J connectivity index is 1.60. The number of hydrogen-bond donors (Lipinski definition) is 2. The smallest absolute Gasteiger partial charge is 0.419 e. The van der Waals surface area contributed by atoms with Gasteiger partial charge in [-0.15, -0.1) is 11.3 Å². The molecule has 3 rings (SSSR count). The number of benzene rings is 1. The van der Waals surface area contributed by atoms with Crippen molar-refractivity contribution in [2.45, 2.75) is 57.9 Å². The summed E-state index contributed by atoms with van der Waals surface area (Å²) < 4.78 is 58.3. The van der Waals surface area contributed by atoms with Crippen molar-refractivity contribution in [3.63, 3.8) is 0 Å². The first-order valence-electron chi connectivity index (χ1n) is 12.5. The molecule has 15 heteroatoms. The third-order valence-corrected chi connectivity index (χ3v) is 7.93. The highest BCUT2D eigenvalue weighted by Gasteiger charge is 2.35. The van der Waals surface area contributed by atoms with E-state index in [1.54, 1.807) is 32.2 Å². The number of nitrogens with two attached hydrogens (primary N) is 1. The zero-order valence-electron chi connectivity index (χ0n) is 22.7. The number of nitrogens with one attached hydrogen (secondary N) is 1. The van der Waals surface area contributed by atoms with Crippen molar-refractivity contribution in [3.05, 3.63) is 50.8 Å². The maximum Gasteiger partial charge on any atom is 0.419 e. The summed E-state index contributed by atoms with van der Waals surface area (Å²) >= 11 is 7.45. The lowest BCUT2D eigenvalue weighted by Crippen LogP contribution is -2.45. The average Bonchev–Trinajstić information content (AvgIpc) is 3.42. The number of primary amides is 1. The Morgan fingerprint density at radius 3 is 2.45 bits per heavy atom. The number of carbonyl (C=O) groups excluding carboxylic acids is 4. The minimum atomic E-state index is -4.84. The SMILES string of the molecule is CC(C)(C)OC(=O)CC[C@H](NC(=O)CCN1C(=O)C(=Cc2cc(-c3ccc(F)c(C(F)(F)F)c3)cs2)SC1=S)C(N)=O. The van der Waals surface area contributed by atoms with Crippen LogP contribution in [0.3, 0.4) is 0 Å². The highest BCUT2D eigenvalue weighted by atomic mass is 32.2. The van der Waals surface area contributed by atoms with Crippen LogP contribution in [0.5, 0.6) is 0 Å². The molecule has 226 valence electrons. The van der Waals surface area contributed by atoms with E-state index in [-0.39, 0.29) is 40.6 Å². The van der Waals surface area contributed by atoms with E-state index in [1.807, 2.05) is 0 Å². The van der Waals surface area contributed by atoms with E-state index in [0.29, 0.717) is 10.4 Å². The lowest BCUT2D eigenvalue weighted by atomic mass is 10.0. The number of rotatable bonds is 10. The average molecular weight is 646 g/mol. The quantitative estimate of drug-likeness (QED) is 0.157. The van der Waals surface area contributed by atoms with Gasteiger partial charge in [-0.1, -0.05) is 30.0 Å². The van der Waals surface area contributed by atoms with Gasteiger partial charge in [0.05, 0.1) is 10.5 Å². The van der Waals surface area contributed by atoms with Gasteiger partial charge in [-0.25, -0.2) is 4.39 Å². The van der Waals surface area contributed by atoms with E-state index >= 15 is 0 Å². The van der Waals surface area contributed by atoms with Crippen molar-refractivity contribution in [2.75, 3.05) is 6.54 Å². The van der Waals surface area contributed by atoms with Crippen LogP contribution in [-0.2, 0) is 30.1 Å². The van der Waals surface area contributed by atoms with E-state index in [0.717, 1.165) is 23.9 Å². The van der Waals surface area contributed by atoms with E-state index in [9.17, 15) is 36.7 Å². The molecular weight excluding hydrogens is 619 g/mol. The number of amides is 3. The van der Waals surface area contributed by atoms with E-state index in [1.165, 1.54) is 28.4 Å². The zero-order valence-corrected chi connectivity index (χ0v) is 25.1. The molecule has 2 aromatic rings. The fourth-order valence-electron chi connectivity index (χ4n) is 3.74. The molecule has 1 aliphatic heterocycles. The molecule has 1 saturated heterocycles. The summed E-state index contributed by atoms with van der Waals surface area (Å²) in [5.74, 6) is -3.79. The Hall–Kier alpha value is -3.30. The van der Waals surface area contributed by atoms with Crippen molar-refractivity contribution in [1.29, 1.82) is 0 Å². The van der Waals surface area contributed by atoms with Gasteiger partial charge in [-0.3, -0.25) is 24.1 Å². The van der Waals surface area contributed by atoms with Gasteiger partial charge in [-0.05, 0) is 68.0 Å². The number of thioether (sulfide) groups is 1. The number of ether oxygens (including phenoxy) is 1. The molecule has 1 aromatic carbocycles. The first-order chi connectivity index (χ1) is 19.4. The number of thiocarbonyl (C=S) groups is 1. The Morgan fingerprint density at radius 1 is 1.14 bits per heavy atom. The first-order valence-corrected chi connectivity index (χ1v) is 14.6. The van der Waals surface area contributed by atoms with Gasteiger partial charge in [0.15, 0.2) is 0 Å². The number of halogens is 4. The number of esters is 1. The van der Waals surface area contributed by atoms with Gasteiger partial charge in [0.1, 0.15) is 21.8 Å². The molecule has 3 N–H and O–H groups in total. The molecule has 8 nitrogen and oxygen atoms in total. The highest BCUT2D eigenvalue weighted by molar-refractivity contribution is 8.26. The molecule has 2 heterocycles. The summed E-state index contributed by atoms with van der Waals surface area (Å²) in [4.78, 5) is 51.2. The van der Waals surface area contributed by atoms with Crippen molar-refractivity contribution >= 4 is 69.4 Å². The molecule has 0 aliphatic carbocycles. The number of hydrogen-bond acceptors (Lipinski definition) is 8. The first kappa shape index (κ1) is 33.2. The van der Waals surface area contributed by atoms with Crippen molar-refractivity contribution < 1.29 is 41.5 Å². The van der Waals surface area contributed by atoms with Gasteiger partial charge in [0.25, 0.3) is 5.91 Å². The molecule has 42 heavy (non-hydrogen) atoms. The number of nitrogens with zero attached hydrogens (tertiary/aromatic N) is 1. The molecule has 1 aromatic heterocycles. The lowest BCUT2D eigenvalue weighted by molar-refractivity contribution is -0.155. The standard InChI is InChI=1S/C27H27F4N3O5S3/c1-26(2,3)39-22(36)7-6-19(23(32)37)33-21(35)8-9-34-24(38)20(42-25(34)40)12-16-10-15(13-41-16)14-4-5-18(28)17(11-14)27(29,30)31/h4-5,10-13,19H,6-9H2,1-3H3,(H2,32,37)(H,33,35)/t19-/m0/s1. The third-order valence-electron chi connectivity index (χ3n) is 5.67. The largest absolute Gasteiger partial charge is 0.460 e. The van der Waals surface area contributed by atoms with Gasteiger partial charge < -0.3 is 15.8 Å². The number of thiophene rings is 1. The molecule has 3 amide bonds. The van der Waals surface area contributed by atoms with Crippen LogP contribution < -0.4 is 11.1 Å². The molecule has 0 bridgehead atoms. The minimum Gasteiger partial charge on any atom is -0.460 e. The van der Waals surface area contributed by atoms with E-state index in [4.69, 9.17) is 22.7 Å². The molecule has 0 unspecified atom stereocenters. The van der Waals surface area contributed by atoms with Crippen LogP contribution in [0.25, 0.3) is 17.2 Å². The number of carbonyl (C=O) groups is 4. The molecule has 1 fully saturated rings.